The van der Waals surface area contributed by atoms with Gasteiger partial charge in [0.2, 0.25) is 0 Å². The van der Waals surface area contributed by atoms with E-state index in [0.29, 0.717) is 0 Å². The predicted octanol–water partition coefficient (Wildman–Crippen LogP) is -0.0134. The van der Waals surface area contributed by atoms with E-state index in [0.717, 1.165) is 0 Å². The highest BCUT2D eigenvalue weighted by atomic mass is 16.8. The van der Waals surface area contributed by atoms with Crippen molar-refractivity contribution in [3.63, 3.8) is 0 Å². The number of hydrogen-bond donors (Lipinski definition) is 0. The van der Waals surface area contributed by atoms with E-state index >= 15 is 0 Å². The molecule has 0 aromatic heterocycles. The number of hydrogen-bond acceptors (Lipinski definition) is 6. The molecular weight excluding hydrogens is 240 g/mol. The average Bonchev–Trinajstić information content (AvgIpc) is 3.13. The number of rotatable bonds is 1. The summed E-state index contributed by atoms with van der Waals surface area (Å²) in [6.07, 6.45) is -0.887. The third kappa shape index (κ3) is 1.53. The molecule has 4 rings (SSSR count). The highest BCUT2D eigenvalue weighted by Gasteiger charge is 2.71. The lowest BCUT2D eigenvalue weighted by atomic mass is 10.1. The van der Waals surface area contributed by atoms with Gasteiger partial charge in [-0.2, -0.15) is 0 Å². The Balaban J connectivity index is 1.58. The molecule has 4 fully saturated rings. The third-order valence-corrected chi connectivity index (χ3v) is 3.88. The fourth-order valence-corrected chi connectivity index (χ4v) is 3.17. The number of carbonyl (C=O) groups is 1. The maximum atomic E-state index is 11.1. The zero-order valence-corrected chi connectivity index (χ0v) is 10.5. The van der Waals surface area contributed by atoms with Gasteiger partial charge in [-0.3, -0.25) is 4.79 Å². The summed E-state index contributed by atoms with van der Waals surface area (Å²) in [4.78, 5) is 11.1. The van der Waals surface area contributed by atoms with Crippen molar-refractivity contribution in [1.82, 2.24) is 0 Å². The lowest BCUT2D eigenvalue weighted by Crippen LogP contribution is -2.32. The summed E-state index contributed by atoms with van der Waals surface area (Å²) >= 11 is 0. The Morgan fingerprint density at radius 1 is 0.944 bits per heavy atom. The van der Waals surface area contributed by atoms with Gasteiger partial charge in [0.05, 0.1) is 0 Å². The molecule has 7 atom stereocenters. The van der Waals surface area contributed by atoms with Crippen LogP contribution in [-0.2, 0) is 28.5 Å². The average molecular weight is 256 g/mol. The molecule has 6 nitrogen and oxygen atoms in total. The van der Waals surface area contributed by atoms with E-state index in [1.165, 1.54) is 6.92 Å². The van der Waals surface area contributed by atoms with Gasteiger partial charge < -0.3 is 23.7 Å². The largest absolute Gasteiger partial charge is 0.457 e. The van der Waals surface area contributed by atoms with Gasteiger partial charge in [0.25, 0.3) is 0 Å². The number of esters is 1. The van der Waals surface area contributed by atoms with Gasteiger partial charge in [-0.05, 0) is 13.8 Å². The molecule has 3 saturated heterocycles. The monoisotopic (exact) mass is 256 g/mol. The van der Waals surface area contributed by atoms with Crippen LogP contribution in [0.4, 0.5) is 0 Å². The third-order valence-electron chi connectivity index (χ3n) is 3.88. The molecule has 0 radical (unpaired) electrons. The molecule has 100 valence electrons. The standard InChI is InChI=1S/C12H16O6/c1-4(13)14-5-6-8(15-6)10-11(9-7(5)16-9)18-12(2,3)17-10/h5-11H,1-3H3/t5?,6-,7+,8-,9+,10+,11-. The molecule has 18 heavy (non-hydrogen) atoms. The van der Waals surface area contributed by atoms with E-state index in [-0.39, 0.29) is 48.7 Å². The first-order valence-electron chi connectivity index (χ1n) is 6.30. The molecule has 0 aromatic carbocycles. The predicted molar refractivity (Wildman–Crippen MR) is 56.7 cm³/mol. The fraction of sp³-hybridized carbons (Fsp3) is 0.917. The Bertz CT molecular complexity index is 379. The number of fused-ring (bicyclic) bond motifs is 5. The Morgan fingerprint density at radius 2 is 1.44 bits per heavy atom. The highest BCUT2D eigenvalue weighted by Crippen LogP contribution is 2.51. The van der Waals surface area contributed by atoms with Gasteiger partial charge in [0.15, 0.2) is 11.9 Å². The Hall–Kier alpha value is -0.690. The summed E-state index contributed by atoms with van der Waals surface area (Å²) in [5, 5.41) is 0. The van der Waals surface area contributed by atoms with Crippen molar-refractivity contribution in [2.75, 3.05) is 0 Å². The summed E-state index contributed by atoms with van der Waals surface area (Å²) in [6, 6.07) is 0. The minimum atomic E-state index is -0.601. The molecule has 1 unspecified atom stereocenters. The van der Waals surface area contributed by atoms with E-state index in [4.69, 9.17) is 23.7 Å². The SMILES string of the molecule is CC(=O)OC1[C@H]2O[C@H]2[C@@H]2OC(C)(C)O[C@@H]2[C@H]2O[C@@H]12. The van der Waals surface area contributed by atoms with Crippen LogP contribution in [0.1, 0.15) is 20.8 Å². The molecule has 4 aliphatic rings. The Kier molecular flexibility index (Phi) is 2.01. The number of carbonyl (C=O) groups excluding carboxylic acids is 1. The number of ether oxygens (including phenoxy) is 5. The van der Waals surface area contributed by atoms with E-state index in [1.807, 2.05) is 13.8 Å². The quantitative estimate of drug-likeness (QED) is 0.485. The van der Waals surface area contributed by atoms with Crippen molar-refractivity contribution >= 4 is 5.97 Å². The van der Waals surface area contributed by atoms with Crippen LogP contribution in [0.3, 0.4) is 0 Å². The summed E-state index contributed by atoms with van der Waals surface area (Å²) in [6.45, 7) is 5.18. The van der Waals surface area contributed by atoms with Crippen molar-refractivity contribution < 1.29 is 28.5 Å². The van der Waals surface area contributed by atoms with Crippen molar-refractivity contribution in [3.8, 4) is 0 Å². The van der Waals surface area contributed by atoms with Crippen LogP contribution in [0.5, 0.6) is 0 Å². The molecule has 3 aliphatic heterocycles. The zero-order valence-electron chi connectivity index (χ0n) is 10.5. The normalized spacial score (nSPS) is 54.7. The molecule has 6 heteroatoms. The van der Waals surface area contributed by atoms with Crippen LogP contribution in [0.25, 0.3) is 0 Å². The van der Waals surface area contributed by atoms with Crippen LogP contribution in [0.15, 0.2) is 0 Å². The lowest BCUT2D eigenvalue weighted by Gasteiger charge is -2.17. The van der Waals surface area contributed by atoms with E-state index < -0.39 is 5.79 Å². The summed E-state index contributed by atoms with van der Waals surface area (Å²) in [7, 11) is 0. The summed E-state index contributed by atoms with van der Waals surface area (Å²) < 4.78 is 28.3. The van der Waals surface area contributed by atoms with Crippen molar-refractivity contribution in [2.24, 2.45) is 0 Å². The van der Waals surface area contributed by atoms with Gasteiger partial charge >= 0.3 is 5.97 Å². The Labute approximate surface area is 104 Å². The van der Waals surface area contributed by atoms with Crippen LogP contribution in [0, 0.1) is 0 Å². The van der Waals surface area contributed by atoms with Gasteiger partial charge in [-0.15, -0.1) is 0 Å². The maximum Gasteiger partial charge on any atom is 0.303 e. The van der Waals surface area contributed by atoms with E-state index in [1.54, 1.807) is 0 Å². The minimum absolute atomic E-state index is 0.0440. The highest BCUT2D eigenvalue weighted by molar-refractivity contribution is 5.66. The first-order chi connectivity index (χ1) is 8.46. The molecule has 3 heterocycles. The molecular formula is C12H16O6. The number of epoxide rings is 2. The minimum Gasteiger partial charge on any atom is -0.457 e. The van der Waals surface area contributed by atoms with Crippen molar-refractivity contribution in [1.29, 1.82) is 0 Å². The zero-order chi connectivity index (χ0) is 12.7. The molecule has 0 aromatic rings. The molecule has 1 aliphatic carbocycles. The van der Waals surface area contributed by atoms with Gasteiger partial charge in [-0.25, -0.2) is 0 Å². The topological polar surface area (TPSA) is 69.8 Å². The van der Waals surface area contributed by atoms with E-state index in [2.05, 4.69) is 0 Å². The second kappa shape index (κ2) is 3.25. The van der Waals surface area contributed by atoms with Crippen LogP contribution >= 0.6 is 0 Å². The van der Waals surface area contributed by atoms with Crippen LogP contribution in [-0.4, -0.2) is 54.5 Å². The Morgan fingerprint density at radius 3 is 1.89 bits per heavy atom. The van der Waals surface area contributed by atoms with Crippen molar-refractivity contribution in [3.05, 3.63) is 0 Å². The molecule has 0 bridgehead atoms. The summed E-state index contributed by atoms with van der Waals surface area (Å²) in [5.41, 5.74) is 0. The van der Waals surface area contributed by atoms with Crippen LogP contribution in [0.2, 0.25) is 0 Å². The lowest BCUT2D eigenvalue weighted by molar-refractivity contribution is -0.151. The van der Waals surface area contributed by atoms with Crippen molar-refractivity contribution in [2.45, 2.75) is 69.3 Å². The second-order valence-electron chi connectivity index (χ2n) is 5.77. The fourth-order valence-electron chi connectivity index (χ4n) is 3.17. The van der Waals surface area contributed by atoms with Gasteiger partial charge in [0, 0.05) is 6.92 Å². The van der Waals surface area contributed by atoms with Gasteiger partial charge in [-0.1, -0.05) is 0 Å². The molecule has 0 N–H and O–H groups in total. The smallest absolute Gasteiger partial charge is 0.303 e. The first kappa shape index (κ1) is 11.2. The van der Waals surface area contributed by atoms with Gasteiger partial charge in [0.1, 0.15) is 36.6 Å². The first-order valence-corrected chi connectivity index (χ1v) is 6.30. The maximum absolute atomic E-state index is 11.1. The molecule has 0 spiro atoms. The second-order valence-corrected chi connectivity index (χ2v) is 5.77. The van der Waals surface area contributed by atoms with E-state index in [9.17, 15) is 4.79 Å². The van der Waals surface area contributed by atoms with Crippen LogP contribution < -0.4 is 0 Å². The molecule has 0 amide bonds. The molecule has 1 saturated carbocycles. The summed E-state index contributed by atoms with van der Waals surface area (Å²) in [5.74, 6) is -0.908.